The van der Waals surface area contributed by atoms with Gasteiger partial charge in [-0.05, 0) is 56.7 Å². The molecular weight excluding hydrogens is 306 g/mol. The van der Waals surface area contributed by atoms with Crippen LogP contribution in [0.25, 0.3) is 0 Å². The second kappa shape index (κ2) is 6.19. The lowest BCUT2D eigenvalue weighted by atomic mass is 9.81. The molecule has 2 atom stereocenters. The highest BCUT2D eigenvalue weighted by atomic mass is 35.5. The van der Waals surface area contributed by atoms with Gasteiger partial charge in [0.25, 0.3) is 0 Å². The SMILES string of the molecule is O=C(O)C1(NC2CC2)CCCC(Sc2cccc(Cl)c2)C1. The van der Waals surface area contributed by atoms with Crippen molar-refractivity contribution in [2.75, 3.05) is 0 Å². The standard InChI is InChI=1S/C16H20ClNO2S/c17-11-3-1-4-13(9-11)21-14-5-2-8-16(10-14,15(19)20)18-12-6-7-12/h1,3-4,9,12,14,18H,2,5-8,10H2,(H,19,20). The van der Waals surface area contributed by atoms with E-state index in [9.17, 15) is 9.90 Å². The fourth-order valence-corrected chi connectivity index (χ4v) is 4.71. The molecule has 1 aromatic rings. The van der Waals surface area contributed by atoms with Crippen molar-refractivity contribution in [3.63, 3.8) is 0 Å². The van der Waals surface area contributed by atoms with E-state index in [1.165, 1.54) is 0 Å². The Bertz CT molecular complexity index is 535. The lowest BCUT2D eigenvalue weighted by molar-refractivity contribution is -0.146. The fraction of sp³-hybridized carbons (Fsp3) is 0.562. The Hall–Kier alpha value is -0.710. The molecule has 0 aliphatic heterocycles. The van der Waals surface area contributed by atoms with Crippen LogP contribution in [0.3, 0.4) is 0 Å². The van der Waals surface area contributed by atoms with Crippen LogP contribution < -0.4 is 5.32 Å². The molecule has 0 amide bonds. The molecule has 0 aromatic heterocycles. The first kappa shape index (κ1) is 15.2. The van der Waals surface area contributed by atoms with Gasteiger partial charge in [-0.25, -0.2) is 0 Å². The maximum absolute atomic E-state index is 11.8. The number of rotatable bonds is 5. The molecule has 2 fully saturated rings. The van der Waals surface area contributed by atoms with E-state index < -0.39 is 11.5 Å². The van der Waals surface area contributed by atoms with Crippen molar-refractivity contribution < 1.29 is 9.90 Å². The topological polar surface area (TPSA) is 49.3 Å². The first-order valence-electron chi connectivity index (χ1n) is 7.51. The van der Waals surface area contributed by atoms with E-state index in [0.717, 1.165) is 42.0 Å². The van der Waals surface area contributed by atoms with Crippen LogP contribution in [0.15, 0.2) is 29.2 Å². The Kier molecular flexibility index (Phi) is 4.48. The van der Waals surface area contributed by atoms with Crippen LogP contribution in [-0.2, 0) is 4.79 Å². The van der Waals surface area contributed by atoms with Crippen LogP contribution in [0.5, 0.6) is 0 Å². The van der Waals surface area contributed by atoms with Crippen molar-refractivity contribution in [2.24, 2.45) is 0 Å². The number of hydrogen-bond donors (Lipinski definition) is 2. The highest BCUT2D eigenvalue weighted by Gasteiger charge is 2.46. The fourth-order valence-electron chi connectivity index (χ4n) is 3.06. The van der Waals surface area contributed by atoms with E-state index in [4.69, 9.17) is 11.6 Å². The number of thioether (sulfide) groups is 1. The normalized spacial score (nSPS) is 29.3. The minimum atomic E-state index is -0.727. The molecule has 0 radical (unpaired) electrons. The number of hydrogen-bond acceptors (Lipinski definition) is 3. The number of carboxylic acids is 1. The second-order valence-electron chi connectivity index (χ2n) is 6.10. The summed E-state index contributed by atoms with van der Waals surface area (Å²) < 4.78 is 0. The Balaban J connectivity index is 1.70. The molecule has 2 N–H and O–H groups in total. The van der Waals surface area contributed by atoms with Gasteiger partial charge in [0.05, 0.1) is 0 Å². The van der Waals surface area contributed by atoms with Crippen molar-refractivity contribution in [2.45, 2.75) is 60.3 Å². The molecule has 3 rings (SSSR count). The highest BCUT2D eigenvalue weighted by molar-refractivity contribution is 8.00. The number of aliphatic carboxylic acids is 1. The third-order valence-corrected chi connectivity index (χ3v) is 5.77. The molecular formula is C16H20ClNO2S. The minimum Gasteiger partial charge on any atom is -0.480 e. The lowest BCUT2D eigenvalue weighted by Gasteiger charge is -2.38. The maximum Gasteiger partial charge on any atom is 0.323 e. The third kappa shape index (κ3) is 3.74. The van der Waals surface area contributed by atoms with Crippen molar-refractivity contribution in [3.05, 3.63) is 29.3 Å². The quantitative estimate of drug-likeness (QED) is 0.860. The average molecular weight is 326 g/mol. The summed E-state index contributed by atoms with van der Waals surface area (Å²) >= 11 is 7.78. The predicted molar refractivity (Wildman–Crippen MR) is 86.1 cm³/mol. The van der Waals surface area contributed by atoms with Gasteiger partial charge in [-0.1, -0.05) is 17.7 Å². The molecule has 2 aliphatic carbocycles. The zero-order valence-electron chi connectivity index (χ0n) is 11.8. The molecule has 114 valence electrons. The minimum absolute atomic E-state index is 0.333. The molecule has 2 unspecified atom stereocenters. The summed E-state index contributed by atoms with van der Waals surface area (Å²) in [5.41, 5.74) is -0.727. The Morgan fingerprint density at radius 1 is 1.38 bits per heavy atom. The van der Waals surface area contributed by atoms with Crippen LogP contribution >= 0.6 is 23.4 Å². The largest absolute Gasteiger partial charge is 0.480 e. The zero-order valence-corrected chi connectivity index (χ0v) is 13.4. The van der Waals surface area contributed by atoms with Crippen LogP contribution in [0, 0.1) is 0 Å². The van der Waals surface area contributed by atoms with E-state index in [-0.39, 0.29) is 0 Å². The van der Waals surface area contributed by atoms with Gasteiger partial charge < -0.3 is 5.11 Å². The average Bonchev–Trinajstić information content (AvgIpc) is 3.23. The van der Waals surface area contributed by atoms with Gasteiger partial charge >= 0.3 is 5.97 Å². The van der Waals surface area contributed by atoms with Gasteiger partial charge in [-0.3, -0.25) is 10.1 Å². The van der Waals surface area contributed by atoms with Gasteiger partial charge in [0.2, 0.25) is 0 Å². The maximum atomic E-state index is 11.8. The summed E-state index contributed by atoms with van der Waals surface area (Å²) in [5, 5.41) is 14.2. The van der Waals surface area contributed by atoms with Gasteiger partial charge in [0.1, 0.15) is 5.54 Å². The zero-order chi connectivity index (χ0) is 14.9. The van der Waals surface area contributed by atoms with Crippen molar-refractivity contribution >= 4 is 29.3 Å². The number of nitrogens with one attached hydrogen (secondary N) is 1. The summed E-state index contributed by atoms with van der Waals surface area (Å²) in [5.74, 6) is -0.689. The molecule has 2 saturated carbocycles. The molecule has 1 aromatic carbocycles. The van der Waals surface area contributed by atoms with E-state index in [1.54, 1.807) is 11.8 Å². The molecule has 21 heavy (non-hydrogen) atoms. The molecule has 3 nitrogen and oxygen atoms in total. The van der Waals surface area contributed by atoms with Gasteiger partial charge in [-0.15, -0.1) is 11.8 Å². The van der Waals surface area contributed by atoms with Crippen LogP contribution in [0.1, 0.15) is 38.5 Å². The molecule has 2 aliphatic rings. The summed E-state index contributed by atoms with van der Waals surface area (Å²) in [6, 6.07) is 8.22. The van der Waals surface area contributed by atoms with Crippen molar-refractivity contribution in [1.29, 1.82) is 0 Å². The smallest absolute Gasteiger partial charge is 0.323 e. The number of carbonyl (C=O) groups is 1. The number of carboxylic acid groups (broad SMARTS) is 1. The first-order chi connectivity index (χ1) is 10.1. The molecule has 5 heteroatoms. The van der Waals surface area contributed by atoms with Crippen molar-refractivity contribution in [1.82, 2.24) is 5.32 Å². The van der Waals surface area contributed by atoms with Crippen LogP contribution in [0.4, 0.5) is 0 Å². The van der Waals surface area contributed by atoms with Crippen molar-refractivity contribution in [3.8, 4) is 0 Å². The Morgan fingerprint density at radius 3 is 2.86 bits per heavy atom. The lowest BCUT2D eigenvalue weighted by Crippen LogP contribution is -2.56. The molecule has 0 spiro atoms. The van der Waals surface area contributed by atoms with E-state index in [1.807, 2.05) is 24.3 Å². The van der Waals surface area contributed by atoms with Gasteiger partial charge in [0, 0.05) is 21.2 Å². The van der Waals surface area contributed by atoms with E-state index in [2.05, 4.69) is 5.32 Å². The summed E-state index contributed by atoms with van der Waals surface area (Å²) in [6.07, 6.45) is 5.69. The summed E-state index contributed by atoms with van der Waals surface area (Å²) in [6.45, 7) is 0. The van der Waals surface area contributed by atoms with Crippen LogP contribution in [0.2, 0.25) is 5.02 Å². The van der Waals surface area contributed by atoms with E-state index >= 15 is 0 Å². The molecule has 0 heterocycles. The second-order valence-corrected chi connectivity index (χ2v) is 7.91. The van der Waals surface area contributed by atoms with Crippen LogP contribution in [-0.4, -0.2) is 27.9 Å². The van der Waals surface area contributed by atoms with E-state index in [0.29, 0.717) is 17.7 Å². The first-order valence-corrected chi connectivity index (χ1v) is 8.76. The summed E-state index contributed by atoms with van der Waals surface area (Å²) in [4.78, 5) is 12.9. The Morgan fingerprint density at radius 2 is 2.19 bits per heavy atom. The van der Waals surface area contributed by atoms with Gasteiger partial charge in [0.15, 0.2) is 0 Å². The predicted octanol–water partition coefficient (Wildman–Crippen LogP) is 3.95. The molecule has 0 saturated heterocycles. The Labute approximate surface area is 134 Å². The highest BCUT2D eigenvalue weighted by Crippen LogP contribution is 2.40. The third-order valence-electron chi connectivity index (χ3n) is 4.27. The number of benzene rings is 1. The summed E-state index contributed by atoms with van der Waals surface area (Å²) in [7, 11) is 0. The molecule has 0 bridgehead atoms. The monoisotopic (exact) mass is 325 g/mol. The number of halogens is 1. The van der Waals surface area contributed by atoms with Gasteiger partial charge in [-0.2, -0.15) is 0 Å².